The molecule has 4 heteroatoms. The van der Waals surface area contributed by atoms with Crippen LogP contribution in [-0.2, 0) is 0 Å². The van der Waals surface area contributed by atoms with Gasteiger partial charge >= 0.3 is 0 Å². The van der Waals surface area contributed by atoms with Gasteiger partial charge in [-0.2, -0.15) is 0 Å². The van der Waals surface area contributed by atoms with Crippen molar-refractivity contribution in [1.29, 1.82) is 0 Å². The van der Waals surface area contributed by atoms with Crippen molar-refractivity contribution >= 4 is 79.4 Å². The maximum atomic E-state index is 6.94. The van der Waals surface area contributed by atoms with Crippen molar-refractivity contribution in [2.45, 2.75) is 0 Å². The van der Waals surface area contributed by atoms with E-state index in [4.69, 9.17) is 4.74 Å². The highest BCUT2D eigenvalue weighted by Crippen LogP contribution is 2.35. The summed E-state index contributed by atoms with van der Waals surface area (Å²) in [5, 5.41) is 13.8. The van der Waals surface area contributed by atoms with Crippen molar-refractivity contribution in [2.75, 3.05) is 0 Å². The number of hydrogen-bond acceptors (Lipinski definition) is 1. The lowest BCUT2D eigenvalue weighted by Crippen LogP contribution is -2.93. The topological polar surface area (TPSA) is 14.2 Å². The third-order valence-corrected chi connectivity index (χ3v) is 21.9. The molecule has 0 N–H and O–H groups in total. The summed E-state index contributed by atoms with van der Waals surface area (Å²) in [7, 11) is -5.77. The fourth-order valence-corrected chi connectivity index (χ4v) is 22.0. The van der Waals surface area contributed by atoms with Crippen LogP contribution >= 0.6 is 0 Å². The van der Waals surface area contributed by atoms with E-state index in [-0.39, 0.29) is 0 Å². The van der Waals surface area contributed by atoms with Gasteiger partial charge in [-0.3, -0.25) is 0 Å². The molecule has 0 radical (unpaired) electrons. The molecule has 0 aliphatic carbocycles. The summed E-state index contributed by atoms with van der Waals surface area (Å²) >= 11 is 0. The van der Waals surface area contributed by atoms with Crippen molar-refractivity contribution in [3.05, 3.63) is 200 Å². The Kier molecular flexibility index (Phi) is 6.33. The molecular formula is C48H33NOSi2. The number of fused-ring (bicyclic) bond motifs is 11. The fraction of sp³-hybridized carbons (Fsp3) is 0. The van der Waals surface area contributed by atoms with Crippen molar-refractivity contribution in [1.82, 2.24) is 4.57 Å². The summed E-state index contributed by atoms with van der Waals surface area (Å²) in [5.74, 6) is 1.91. The van der Waals surface area contributed by atoms with Crippen LogP contribution in [0.25, 0.3) is 27.5 Å². The Morgan fingerprint density at radius 2 is 0.750 bits per heavy atom. The minimum absolute atomic E-state index is 0.952. The quantitative estimate of drug-likeness (QED) is 0.208. The van der Waals surface area contributed by atoms with E-state index in [1.807, 2.05) is 0 Å². The zero-order chi connectivity index (χ0) is 34.3. The summed E-state index contributed by atoms with van der Waals surface area (Å²) in [4.78, 5) is 0. The van der Waals surface area contributed by atoms with Gasteiger partial charge in [-0.25, -0.2) is 0 Å². The number of aromatic nitrogens is 1. The molecule has 0 bridgehead atoms. The number of benzene rings is 8. The van der Waals surface area contributed by atoms with Gasteiger partial charge in [0.05, 0.1) is 11.0 Å². The predicted octanol–water partition coefficient (Wildman–Crippen LogP) is 5.96. The first-order chi connectivity index (χ1) is 25.8. The zero-order valence-electron chi connectivity index (χ0n) is 28.4. The van der Waals surface area contributed by atoms with E-state index in [9.17, 15) is 0 Å². The normalized spacial score (nSPS) is 14.6. The number of para-hydroxylation sites is 3. The molecule has 0 unspecified atom stereocenters. The Hall–Kier alpha value is -6.21. The summed E-state index contributed by atoms with van der Waals surface area (Å²) in [6, 6.07) is 75.0. The minimum atomic E-state index is -2.99. The fourth-order valence-electron chi connectivity index (χ4n) is 9.68. The molecule has 3 heterocycles. The first-order valence-corrected chi connectivity index (χ1v) is 22.0. The summed E-state index contributed by atoms with van der Waals surface area (Å²) in [6.45, 7) is 0. The molecule has 1 spiro atoms. The Morgan fingerprint density at radius 3 is 1.31 bits per heavy atom. The predicted molar refractivity (Wildman–Crippen MR) is 222 cm³/mol. The lowest BCUT2D eigenvalue weighted by molar-refractivity contribution is 0.487. The SMILES string of the molecule is c1ccc([Si]2(c3ccccc3)c3ccccc3[Si]3(c4ccccc4Oc4ccc(-n5c6ccccc6c6ccccc65)cc43)c3ccccc32)cc1. The zero-order valence-corrected chi connectivity index (χ0v) is 30.4. The van der Waals surface area contributed by atoms with E-state index in [0.29, 0.717) is 0 Å². The largest absolute Gasteiger partial charge is 0.458 e. The average molecular weight is 696 g/mol. The van der Waals surface area contributed by atoms with Gasteiger partial charge in [0.2, 0.25) is 0 Å². The first kappa shape index (κ1) is 29.5. The second-order valence-electron chi connectivity index (χ2n) is 14.0. The molecule has 244 valence electrons. The summed E-state index contributed by atoms with van der Waals surface area (Å²) in [6.07, 6.45) is 0. The highest BCUT2D eigenvalue weighted by molar-refractivity contribution is 7.33. The monoisotopic (exact) mass is 695 g/mol. The van der Waals surface area contributed by atoms with Crippen molar-refractivity contribution in [3.63, 3.8) is 0 Å². The Labute approximate surface area is 304 Å². The van der Waals surface area contributed by atoms with Crippen molar-refractivity contribution in [2.24, 2.45) is 0 Å². The average Bonchev–Trinajstić information content (AvgIpc) is 3.56. The van der Waals surface area contributed by atoms with Crippen molar-refractivity contribution < 1.29 is 4.74 Å². The Balaban J connectivity index is 1.31. The van der Waals surface area contributed by atoms with Crippen LogP contribution in [0.3, 0.4) is 0 Å². The van der Waals surface area contributed by atoms with Gasteiger partial charge in [0.15, 0.2) is 16.1 Å². The molecule has 0 saturated heterocycles. The molecule has 11 rings (SSSR count). The van der Waals surface area contributed by atoms with Crippen LogP contribution in [0.5, 0.6) is 11.5 Å². The lowest BCUT2D eigenvalue weighted by Gasteiger charge is -2.50. The van der Waals surface area contributed by atoms with Crippen LogP contribution in [-0.4, -0.2) is 20.7 Å². The van der Waals surface area contributed by atoms with E-state index in [0.717, 1.165) is 17.2 Å². The molecule has 1 aromatic heterocycles. The molecule has 0 amide bonds. The van der Waals surface area contributed by atoms with Crippen LogP contribution in [0.4, 0.5) is 0 Å². The molecular weight excluding hydrogens is 663 g/mol. The Bertz CT molecular complexity index is 2700. The third-order valence-electron chi connectivity index (χ3n) is 11.6. The molecule has 0 fully saturated rings. The van der Waals surface area contributed by atoms with Crippen LogP contribution in [0.1, 0.15) is 0 Å². The van der Waals surface area contributed by atoms with Gasteiger partial charge in [0, 0.05) is 16.5 Å². The van der Waals surface area contributed by atoms with Gasteiger partial charge < -0.3 is 9.30 Å². The lowest BCUT2D eigenvalue weighted by atomic mass is 10.2. The van der Waals surface area contributed by atoms with Crippen LogP contribution in [0.15, 0.2) is 200 Å². The number of nitrogens with zero attached hydrogens (tertiary/aromatic N) is 1. The third kappa shape index (κ3) is 3.77. The first-order valence-electron chi connectivity index (χ1n) is 18.0. The van der Waals surface area contributed by atoms with E-state index in [1.165, 1.54) is 63.3 Å². The molecule has 2 nitrogen and oxygen atoms in total. The van der Waals surface area contributed by atoms with Gasteiger partial charge in [-0.15, -0.1) is 0 Å². The maximum Gasteiger partial charge on any atom is 0.188 e. The molecule has 0 saturated carbocycles. The second-order valence-corrected chi connectivity index (χ2v) is 21.4. The number of hydrogen-bond donors (Lipinski definition) is 0. The molecule has 52 heavy (non-hydrogen) atoms. The van der Waals surface area contributed by atoms with Crippen molar-refractivity contribution in [3.8, 4) is 17.2 Å². The van der Waals surface area contributed by atoms with Gasteiger partial charge in [-0.1, -0.05) is 164 Å². The van der Waals surface area contributed by atoms with Gasteiger partial charge in [0.25, 0.3) is 0 Å². The van der Waals surface area contributed by atoms with Crippen LogP contribution in [0.2, 0.25) is 0 Å². The number of ether oxygens (including phenoxy) is 1. The highest BCUT2D eigenvalue weighted by atomic mass is 28.3. The summed E-state index contributed by atoms with van der Waals surface area (Å²) in [5.41, 5.74) is 3.57. The highest BCUT2D eigenvalue weighted by Gasteiger charge is 2.59. The van der Waals surface area contributed by atoms with E-state index in [1.54, 1.807) is 0 Å². The van der Waals surface area contributed by atoms with Crippen LogP contribution < -0.4 is 46.2 Å². The van der Waals surface area contributed by atoms with E-state index >= 15 is 0 Å². The van der Waals surface area contributed by atoms with Gasteiger partial charge in [0.1, 0.15) is 11.5 Å². The molecule has 2 aliphatic heterocycles. The van der Waals surface area contributed by atoms with E-state index < -0.39 is 16.1 Å². The molecule has 0 atom stereocenters. The molecule has 8 aromatic carbocycles. The second kappa shape index (κ2) is 11.1. The molecule has 9 aromatic rings. The van der Waals surface area contributed by atoms with Gasteiger partial charge in [-0.05, 0) is 77.9 Å². The van der Waals surface area contributed by atoms with E-state index in [2.05, 4.69) is 205 Å². The minimum Gasteiger partial charge on any atom is -0.458 e. The maximum absolute atomic E-state index is 6.94. The Morgan fingerprint density at radius 1 is 0.327 bits per heavy atom. The standard InChI is InChI=1S/C48H33NOSi2/c1-3-17-35(18-4-1)51(36-19-5-2-6-20-36)44-27-13-15-29-46(44)52(47-30-16-14-28-45(47)51)43-26-12-11-25-41(43)50-42-32-31-34(33-48(42)52)49-39-23-9-7-21-37(39)38-22-8-10-24-40(38)49/h1-33H. The summed E-state index contributed by atoms with van der Waals surface area (Å²) < 4.78 is 9.39. The van der Waals surface area contributed by atoms with Crippen LogP contribution in [0, 0.1) is 0 Å². The molecule has 2 aliphatic rings. The smallest absolute Gasteiger partial charge is 0.188 e. The number of rotatable bonds is 3.